The van der Waals surface area contributed by atoms with Crippen LogP contribution in [0.4, 0.5) is 0 Å². The highest BCUT2D eigenvalue weighted by Gasteiger charge is 2.25. The Hall–Kier alpha value is -0.235. The quantitative estimate of drug-likeness (QED) is 0.585. The van der Waals surface area contributed by atoms with E-state index in [0.717, 1.165) is 6.42 Å². The van der Waals surface area contributed by atoms with Crippen molar-refractivity contribution in [3.8, 4) is 0 Å². The van der Waals surface area contributed by atoms with Crippen LogP contribution in [0.3, 0.4) is 0 Å². The third kappa shape index (κ3) is 6.47. The molecule has 0 bridgehead atoms. The van der Waals surface area contributed by atoms with Crippen molar-refractivity contribution < 1.29 is 4.65 Å². The van der Waals surface area contributed by atoms with Crippen LogP contribution in [0, 0.1) is 5.41 Å². The number of hydrogen-bond donors (Lipinski definition) is 0. The summed E-state index contributed by atoms with van der Waals surface area (Å²) < 4.78 is 5.51. The molecule has 0 aliphatic heterocycles. The van der Waals surface area contributed by atoms with Crippen molar-refractivity contribution >= 4 is 7.48 Å². The first kappa shape index (κ1) is 11.8. The molecule has 0 aliphatic rings. The minimum atomic E-state index is -0.0908. The summed E-state index contributed by atoms with van der Waals surface area (Å²) in [5.74, 6) is 1.67. The molecule has 0 aromatic carbocycles. The van der Waals surface area contributed by atoms with E-state index in [9.17, 15) is 0 Å². The van der Waals surface area contributed by atoms with E-state index in [1.54, 1.807) is 13.5 Å². The second kappa shape index (κ2) is 4.13. The highest BCUT2D eigenvalue weighted by molar-refractivity contribution is 6.34. The molecule has 0 aromatic heterocycles. The van der Waals surface area contributed by atoms with E-state index in [1.165, 1.54) is 0 Å². The summed E-state index contributed by atoms with van der Waals surface area (Å²) in [6, 6.07) is 0. The topological polar surface area (TPSA) is 9.23 Å². The van der Waals surface area contributed by atoms with E-state index in [2.05, 4.69) is 41.2 Å². The summed E-state index contributed by atoms with van der Waals surface area (Å²) in [4.78, 5) is 0. The van der Waals surface area contributed by atoms with Gasteiger partial charge in [0, 0.05) is 5.60 Å². The molecule has 0 unspecified atom stereocenters. The van der Waals surface area contributed by atoms with E-state index in [-0.39, 0.29) is 5.60 Å². The summed E-state index contributed by atoms with van der Waals surface area (Å²) >= 11 is 0. The molecule has 0 atom stereocenters. The highest BCUT2D eigenvalue weighted by Crippen LogP contribution is 2.28. The molecular weight excluding hydrogens is 147 g/mol. The molecule has 69 valence electrons. The summed E-state index contributed by atoms with van der Waals surface area (Å²) in [6.07, 6.45) is 1.03. The second-order valence-electron chi connectivity index (χ2n) is 4.99. The van der Waals surface area contributed by atoms with E-state index in [4.69, 9.17) is 4.65 Å². The van der Waals surface area contributed by atoms with Gasteiger partial charge in [0.2, 0.25) is 0 Å². The summed E-state index contributed by atoms with van der Waals surface area (Å²) in [7, 11) is 1.66. The van der Waals surface area contributed by atoms with Gasteiger partial charge in [-0.1, -0.05) is 26.7 Å². The molecule has 1 nitrogen and oxygen atoms in total. The van der Waals surface area contributed by atoms with E-state index in [0.29, 0.717) is 5.41 Å². The predicted molar refractivity (Wildman–Crippen MR) is 55.2 cm³/mol. The van der Waals surface area contributed by atoms with Crippen LogP contribution in [0.25, 0.3) is 0 Å². The average Bonchev–Trinajstić information content (AvgIpc) is 1.78. The maximum Gasteiger partial charge on any atom is 0.322 e. The zero-order valence-electron chi connectivity index (χ0n) is 8.98. The minimum Gasteiger partial charge on any atom is -0.430 e. The number of rotatable bonds is 4. The van der Waals surface area contributed by atoms with Crippen molar-refractivity contribution in [3.05, 3.63) is 12.6 Å². The normalized spacial score (nSPS) is 12.8. The first-order valence-electron chi connectivity index (χ1n) is 4.39. The lowest BCUT2D eigenvalue weighted by Crippen LogP contribution is -2.31. The van der Waals surface area contributed by atoms with Crippen molar-refractivity contribution in [1.82, 2.24) is 0 Å². The lowest BCUT2D eigenvalue weighted by molar-refractivity contribution is 0.0682. The molecule has 0 N–H and O–H groups in total. The molecule has 0 heterocycles. The standard InChI is InChI=1S/C10H20BO/c1-7-11-12-10(5,6)8-9(2,3)4/h7H,1,8H2,2-6H3. The SMILES string of the molecule is C=C[B]OC(C)(C)CC(C)(C)C. The van der Waals surface area contributed by atoms with Gasteiger partial charge in [0.05, 0.1) is 0 Å². The predicted octanol–water partition coefficient (Wildman–Crippen LogP) is 2.98. The highest BCUT2D eigenvalue weighted by atomic mass is 16.5. The second-order valence-corrected chi connectivity index (χ2v) is 4.99. The van der Waals surface area contributed by atoms with E-state index >= 15 is 0 Å². The fourth-order valence-corrected chi connectivity index (χ4v) is 1.55. The Kier molecular flexibility index (Phi) is 4.05. The van der Waals surface area contributed by atoms with Gasteiger partial charge in [-0.2, -0.15) is 0 Å². The van der Waals surface area contributed by atoms with Crippen molar-refractivity contribution in [2.45, 2.75) is 46.6 Å². The molecule has 0 fully saturated rings. The Balaban J connectivity index is 3.94. The zero-order chi connectivity index (χ0) is 9.83. The maximum atomic E-state index is 5.51. The Morgan fingerprint density at radius 3 is 2.08 bits per heavy atom. The Labute approximate surface area is 77.5 Å². The van der Waals surface area contributed by atoms with Crippen LogP contribution in [0.5, 0.6) is 0 Å². The van der Waals surface area contributed by atoms with Gasteiger partial charge in [-0.3, -0.25) is 0 Å². The van der Waals surface area contributed by atoms with Crippen molar-refractivity contribution in [1.29, 1.82) is 0 Å². The molecule has 1 radical (unpaired) electrons. The van der Waals surface area contributed by atoms with Gasteiger partial charge in [0.15, 0.2) is 0 Å². The molecule has 0 rings (SSSR count). The summed E-state index contributed by atoms with van der Waals surface area (Å²) in [6.45, 7) is 14.4. The van der Waals surface area contributed by atoms with Gasteiger partial charge < -0.3 is 4.65 Å². The van der Waals surface area contributed by atoms with Crippen molar-refractivity contribution in [2.75, 3.05) is 0 Å². The largest absolute Gasteiger partial charge is 0.430 e. The third-order valence-electron chi connectivity index (χ3n) is 1.44. The molecule has 0 amide bonds. The number of hydrogen-bond acceptors (Lipinski definition) is 1. The van der Waals surface area contributed by atoms with Crippen molar-refractivity contribution in [3.63, 3.8) is 0 Å². The Morgan fingerprint density at radius 1 is 1.25 bits per heavy atom. The Bertz CT molecular complexity index is 144. The van der Waals surface area contributed by atoms with Gasteiger partial charge in [-0.25, -0.2) is 0 Å². The average molecular weight is 167 g/mol. The van der Waals surface area contributed by atoms with Gasteiger partial charge in [-0.05, 0) is 25.7 Å². The van der Waals surface area contributed by atoms with Gasteiger partial charge in [0.25, 0.3) is 0 Å². The lowest BCUT2D eigenvalue weighted by Gasteiger charge is -2.32. The molecule has 0 aliphatic carbocycles. The minimum absolute atomic E-state index is 0.0908. The molecule has 12 heavy (non-hydrogen) atoms. The van der Waals surface area contributed by atoms with E-state index < -0.39 is 0 Å². The smallest absolute Gasteiger partial charge is 0.322 e. The van der Waals surface area contributed by atoms with Gasteiger partial charge >= 0.3 is 7.48 Å². The molecule has 2 heteroatoms. The van der Waals surface area contributed by atoms with Crippen molar-refractivity contribution in [2.24, 2.45) is 5.41 Å². The monoisotopic (exact) mass is 167 g/mol. The Morgan fingerprint density at radius 2 is 1.75 bits per heavy atom. The van der Waals surface area contributed by atoms with Crippen LogP contribution in [0.15, 0.2) is 12.6 Å². The maximum absolute atomic E-state index is 5.51. The zero-order valence-corrected chi connectivity index (χ0v) is 8.98. The first-order valence-corrected chi connectivity index (χ1v) is 4.39. The van der Waals surface area contributed by atoms with Crippen LogP contribution in [0.2, 0.25) is 0 Å². The molecule has 0 aromatic rings. The lowest BCUT2D eigenvalue weighted by atomic mass is 9.82. The van der Waals surface area contributed by atoms with Crippen LogP contribution < -0.4 is 0 Å². The molecular formula is C10H20BO. The van der Waals surface area contributed by atoms with E-state index in [1.807, 2.05) is 0 Å². The first-order chi connectivity index (χ1) is 5.27. The van der Waals surface area contributed by atoms with Gasteiger partial charge in [-0.15, -0.1) is 6.58 Å². The summed E-state index contributed by atoms with van der Waals surface area (Å²) in [5, 5.41) is 0. The van der Waals surface area contributed by atoms with Crippen LogP contribution in [0.1, 0.15) is 41.0 Å². The molecule has 0 spiro atoms. The van der Waals surface area contributed by atoms with Crippen LogP contribution >= 0.6 is 0 Å². The van der Waals surface area contributed by atoms with Crippen LogP contribution in [-0.4, -0.2) is 13.1 Å². The molecule has 0 saturated heterocycles. The fraction of sp³-hybridized carbons (Fsp3) is 0.800. The molecule has 0 saturated carbocycles. The summed E-state index contributed by atoms with van der Waals surface area (Å²) in [5.41, 5.74) is 0.213. The van der Waals surface area contributed by atoms with Crippen LogP contribution in [-0.2, 0) is 4.65 Å². The van der Waals surface area contributed by atoms with Gasteiger partial charge in [0.1, 0.15) is 0 Å². The fourth-order valence-electron chi connectivity index (χ4n) is 1.55. The third-order valence-corrected chi connectivity index (χ3v) is 1.44.